The van der Waals surface area contributed by atoms with Gasteiger partial charge in [0.05, 0.1) is 22.9 Å². The van der Waals surface area contributed by atoms with Gasteiger partial charge in [0, 0.05) is 12.7 Å². The fraction of sp³-hybridized carbons (Fsp3) is 0.250. The summed E-state index contributed by atoms with van der Waals surface area (Å²) in [7, 11) is 1.71. The van der Waals surface area contributed by atoms with Gasteiger partial charge >= 0.3 is 5.97 Å². The zero-order valence-electron chi connectivity index (χ0n) is 10.3. The number of fused-ring (bicyclic) bond motifs is 1. The van der Waals surface area contributed by atoms with Crippen molar-refractivity contribution in [3.05, 3.63) is 24.0 Å². The highest BCUT2D eigenvalue weighted by atomic mass is 35.5. The Hall–Kier alpha value is -2.08. The van der Waals surface area contributed by atoms with E-state index in [0.29, 0.717) is 16.7 Å². The molecule has 0 saturated heterocycles. The Morgan fingerprint density at radius 1 is 1.47 bits per heavy atom. The topological polar surface area (TPSA) is 84.2 Å². The summed E-state index contributed by atoms with van der Waals surface area (Å²) < 4.78 is 1.62. The maximum atomic E-state index is 11.5. The lowest BCUT2D eigenvalue weighted by atomic mass is 10.1. The van der Waals surface area contributed by atoms with Crippen LogP contribution in [0, 0.1) is 0 Å². The second-order valence-electron chi connectivity index (χ2n) is 4.16. The SMILES string of the molecule is CC(Cl)C(=O)Nc1cc(C(=O)O)c2c(c1)ncn2C. The van der Waals surface area contributed by atoms with Crippen LogP contribution in [0.15, 0.2) is 18.5 Å². The summed E-state index contributed by atoms with van der Waals surface area (Å²) in [6, 6.07) is 3.00. The molecule has 0 saturated carbocycles. The molecule has 0 aliphatic heterocycles. The summed E-state index contributed by atoms with van der Waals surface area (Å²) >= 11 is 5.65. The van der Waals surface area contributed by atoms with Crippen molar-refractivity contribution in [1.29, 1.82) is 0 Å². The highest BCUT2D eigenvalue weighted by Gasteiger charge is 2.16. The van der Waals surface area contributed by atoms with E-state index >= 15 is 0 Å². The van der Waals surface area contributed by atoms with Gasteiger partial charge in [0.2, 0.25) is 5.91 Å². The van der Waals surface area contributed by atoms with Gasteiger partial charge in [0.25, 0.3) is 0 Å². The summed E-state index contributed by atoms with van der Waals surface area (Å²) in [5.41, 5.74) is 1.44. The predicted molar refractivity (Wildman–Crippen MR) is 71.6 cm³/mol. The Morgan fingerprint density at radius 2 is 2.16 bits per heavy atom. The highest BCUT2D eigenvalue weighted by molar-refractivity contribution is 6.32. The standard InChI is InChI=1S/C12H12ClN3O3/c1-6(13)11(17)15-7-3-8(12(18)19)10-9(4-7)14-5-16(10)2/h3-6H,1-2H3,(H,15,17)(H,18,19). The number of aromatic carboxylic acids is 1. The molecule has 1 heterocycles. The van der Waals surface area contributed by atoms with Crippen molar-refractivity contribution < 1.29 is 14.7 Å². The molecule has 1 aromatic heterocycles. The molecule has 6 nitrogen and oxygen atoms in total. The minimum absolute atomic E-state index is 0.0787. The summed E-state index contributed by atoms with van der Waals surface area (Å²) in [5.74, 6) is -1.48. The first-order valence-electron chi connectivity index (χ1n) is 5.53. The number of carbonyl (C=O) groups is 2. The molecule has 7 heteroatoms. The molecule has 0 aliphatic rings. The molecular formula is C12H12ClN3O3. The molecule has 0 aliphatic carbocycles. The van der Waals surface area contributed by atoms with E-state index in [2.05, 4.69) is 10.3 Å². The number of carbonyl (C=O) groups excluding carboxylic acids is 1. The van der Waals surface area contributed by atoms with E-state index in [9.17, 15) is 14.7 Å². The van der Waals surface area contributed by atoms with Gasteiger partial charge in [0.15, 0.2) is 0 Å². The number of amides is 1. The lowest BCUT2D eigenvalue weighted by Crippen LogP contribution is -2.20. The predicted octanol–water partition coefficient (Wildman–Crippen LogP) is 1.84. The third kappa shape index (κ3) is 2.53. The number of nitrogens with zero attached hydrogens (tertiary/aromatic N) is 2. The number of anilines is 1. The van der Waals surface area contributed by atoms with E-state index in [1.54, 1.807) is 17.7 Å². The Labute approximate surface area is 114 Å². The lowest BCUT2D eigenvalue weighted by molar-refractivity contribution is -0.115. The fourth-order valence-corrected chi connectivity index (χ4v) is 1.83. The quantitative estimate of drug-likeness (QED) is 0.841. The molecule has 1 atom stereocenters. The molecule has 100 valence electrons. The van der Waals surface area contributed by atoms with Crippen LogP contribution in [0.2, 0.25) is 0 Å². The van der Waals surface area contributed by atoms with Gasteiger partial charge in [-0.15, -0.1) is 11.6 Å². The Bertz CT molecular complexity index is 664. The van der Waals surface area contributed by atoms with E-state index in [4.69, 9.17) is 11.6 Å². The first-order valence-corrected chi connectivity index (χ1v) is 5.97. The smallest absolute Gasteiger partial charge is 0.337 e. The Kier molecular flexibility index (Phi) is 3.44. The number of imidazole rings is 1. The van der Waals surface area contributed by atoms with E-state index < -0.39 is 17.3 Å². The number of halogens is 1. The van der Waals surface area contributed by atoms with Crippen LogP contribution in [0.25, 0.3) is 11.0 Å². The molecule has 1 aromatic carbocycles. The number of nitrogens with one attached hydrogen (secondary N) is 1. The molecule has 1 amide bonds. The zero-order valence-corrected chi connectivity index (χ0v) is 11.1. The third-order valence-corrected chi connectivity index (χ3v) is 2.87. The summed E-state index contributed by atoms with van der Waals surface area (Å²) in [6.07, 6.45) is 1.52. The minimum atomic E-state index is -1.08. The van der Waals surface area contributed by atoms with E-state index in [-0.39, 0.29) is 5.56 Å². The van der Waals surface area contributed by atoms with Gasteiger partial charge in [-0.3, -0.25) is 4.79 Å². The van der Waals surface area contributed by atoms with Gasteiger partial charge in [-0.05, 0) is 19.1 Å². The van der Waals surface area contributed by atoms with E-state index in [0.717, 1.165) is 0 Å². The normalized spacial score (nSPS) is 12.4. The van der Waals surface area contributed by atoms with Crippen molar-refractivity contribution >= 4 is 40.2 Å². The van der Waals surface area contributed by atoms with E-state index in [1.807, 2.05) is 0 Å². The molecule has 0 fully saturated rings. The molecule has 0 radical (unpaired) electrons. The van der Waals surface area contributed by atoms with Crippen molar-refractivity contribution in [2.45, 2.75) is 12.3 Å². The monoisotopic (exact) mass is 281 g/mol. The summed E-state index contributed by atoms with van der Waals surface area (Å²) in [4.78, 5) is 26.9. The number of alkyl halides is 1. The fourth-order valence-electron chi connectivity index (χ4n) is 1.77. The molecule has 19 heavy (non-hydrogen) atoms. The first-order chi connectivity index (χ1) is 8.90. The van der Waals surface area contributed by atoms with Crippen LogP contribution in [0.3, 0.4) is 0 Å². The number of rotatable bonds is 3. The summed E-state index contributed by atoms with van der Waals surface area (Å²) in [6.45, 7) is 1.54. The van der Waals surface area contributed by atoms with Crippen molar-refractivity contribution in [2.75, 3.05) is 5.32 Å². The number of hydrogen-bond acceptors (Lipinski definition) is 3. The number of aromatic nitrogens is 2. The van der Waals surface area contributed by atoms with Crippen LogP contribution < -0.4 is 5.32 Å². The average Bonchev–Trinajstić information content (AvgIpc) is 2.70. The molecule has 2 aromatic rings. The average molecular weight is 282 g/mol. The molecule has 2 N–H and O–H groups in total. The molecular weight excluding hydrogens is 270 g/mol. The second kappa shape index (κ2) is 4.89. The number of aryl methyl sites for hydroxylation is 1. The number of carboxylic acids is 1. The van der Waals surface area contributed by atoms with E-state index in [1.165, 1.54) is 19.3 Å². The van der Waals surface area contributed by atoms with Gasteiger partial charge in [-0.2, -0.15) is 0 Å². The van der Waals surface area contributed by atoms with Crippen LogP contribution in [-0.4, -0.2) is 31.9 Å². The van der Waals surface area contributed by atoms with Gasteiger partial charge in [-0.25, -0.2) is 9.78 Å². The van der Waals surface area contributed by atoms with Crippen LogP contribution in [0.1, 0.15) is 17.3 Å². The zero-order chi connectivity index (χ0) is 14.2. The highest BCUT2D eigenvalue weighted by Crippen LogP contribution is 2.23. The Balaban J connectivity index is 2.53. The van der Waals surface area contributed by atoms with Crippen molar-refractivity contribution in [1.82, 2.24) is 9.55 Å². The van der Waals surface area contributed by atoms with Crippen LogP contribution in [0.5, 0.6) is 0 Å². The lowest BCUT2D eigenvalue weighted by Gasteiger charge is -2.08. The van der Waals surface area contributed by atoms with Crippen LogP contribution >= 0.6 is 11.6 Å². The minimum Gasteiger partial charge on any atom is -0.478 e. The molecule has 0 bridgehead atoms. The first kappa shape index (κ1) is 13.4. The van der Waals surface area contributed by atoms with Gasteiger partial charge < -0.3 is 15.0 Å². The third-order valence-electron chi connectivity index (χ3n) is 2.67. The van der Waals surface area contributed by atoms with Crippen molar-refractivity contribution in [3.8, 4) is 0 Å². The summed E-state index contributed by atoms with van der Waals surface area (Å²) in [5, 5.41) is 11.1. The van der Waals surface area contributed by atoms with Crippen molar-refractivity contribution in [2.24, 2.45) is 7.05 Å². The maximum Gasteiger partial charge on any atom is 0.337 e. The molecule has 1 unspecified atom stereocenters. The second-order valence-corrected chi connectivity index (χ2v) is 4.81. The van der Waals surface area contributed by atoms with Gasteiger partial charge in [0.1, 0.15) is 5.38 Å². The van der Waals surface area contributed by atoms with Gasteiger partial charge in [-0.1, -0.05) is 0 Å². The number of carboxylic acid groups (broad SMARTS) is 1. The maximum absolute atomic E-state index is 11.5. The van der Waals surface area contributed by atoms with Crippen LogP contribution in [-0.2, 0) is 11.8 Å². The molecule has 0 spiro atoms. The largest absolute Gasteiger partial charge is 0.478 e. The number of benzene rings is 1. The Morgan fingerprint density at radius 3 is 2.74 bits per heavy atom. The van der Waals surface area contributed by atoms with Crippen LogP contribution in [0.4, 0.5) is 5.69 Å². The molecule has 2 rings (SSSR count). The number of hydrogen-bond donors (Lipinski definition) is 2. The van der Waals surface area contributed by atoms with Crippen molar-refractivity contribution in [3.63, 3.8) is 0 Å².